The Morgan fingerprint density at radius 3 is 2.81 bits per heavy atom. The van der Waals surface area contributed by atoms with Gasteiger partial charge in [-0.1, -0.05) is 30.3 Å². The van der Waals surface area contributed by atoms with E-state index in [1.54, 1.807) is 37.4 Å². The summed E-state index contributed by atoms with van der Waals surface area (Å²) < 4.78 is 19.4. The Bertz CT molecular complexity index is 985. The molecule has 7 heteroatoms. The third-order valence-corrected chi connectivity index (χ3v) is 3.50. The number of aryl methyl sites for hydroxylation is 1. The molecule has 2 aromatic carbocycles. The number of H-pyrrole nitrogens is 1. The van der Waals surface area contributed by atoms with Crippen LogP contribution in [0.5, 0.6) is 5.75 Å². The zero-order valence-electron chi connectivity index (χ0n) is 14.1. The summed E-state index contributed by atoms with van der Waals surface area (Å²) in [6.45, 7) is 1.83. The van der Waals surface area contributed by atoms with Crippen LogP contribution in [0.1, 0.15) is 16.8 Å². The Balaban J connectivity index is 1.70. The van der Waals surface area contributed by atoms with E-state index in [4.69, 9.17) is 4.74 Å². The van der Waals surface area contributed by atoms with Crippen LogP contribution in [0, 0.1) is 12.7 Å². The molecule has 0 aliphatic heterocycles. The van der Waals surface area contributed by atoms with Gasteiger partial charge >= 0.3 is 0 Å². The van der Waals surface area contributed by atoms with Gasteiger partial charge in [0.2, 0.25) is 5.95 Å². The lowest BCUT2D eigenvalue weighted by molar-refractivity contribution is 0.299. The number of para-hydroxylation sites is 1. The minimum Gasteiger partial charge on any atom is -0.488 e. The molecule has 0 aliphatic rings. The van der Waals surface area contributed by atoms with Crippen LogP contribution in [0.2, 0.25) is 0 Å². The summed E-state index contributed by atoms with van der Waals surface area (Å²) in [5.41, 5.74) is 4.17. The average molecular weight is 352 g/mol. The normalized spacial score (nSPS) is 10.8. The molecule has 0 saturated heterocycles. The van der Waals surface area contributed by atoms with Gasteiger partial charge in [-0.2, -0.15) is 5.10 Å². The SMILES string of the molecule is Cc1cc(=O)[nH]c(N/N=C\c2ccccc2OCc2ccccc2F)n1. The standard InChI is InChI=1S/C19H17FN4O2/c1-13-10-18(25)23-19(22-13)24-21-11-14-6-3-5-9-17(14)26-12-15-7-2-4-8-16(15)20/h2-11H,12H2,1H3,(H2,22,23,24,25)/b21-11-. The fraction of sp³-hybridized carbons (Fsp3) is 0.105. The molecule has 0 atom stereocenters. The highest BCUT2D eigenvalue weighted by atomic mass is 19.1. The number of hydrogen-bond acceptors (Lipinski definition) is 5. The second-order valence-electron chi connectivity index (χ2n) is 5.52. The van der Waals surface area contributed by atoms with Crippen LogP contribution < -0.4 is 15.7 Å². The number of anilines is 1. The molecule has 0 fully saturated rings. The van der Waals surface area contributed by atoms with Crippen LogP contribution in [0.3, 0.4) is 0 Å². The molecule has 1 heterocycles. The van der Waals surface area contributed by atoms with Crippen LogP contribution in [-0.4, -0.2) is 16.2 Å². The summed E-state index contributed by atoms with van der Waals surface area (Å²) in [6, 6.07) is 15.1. The van der Waals surface area contributed by atoms with Crippen LogP contribution in [0.15, 0.2) is 64.5 Å². The molecule has 6 nitrogen and oxygen atoms in total. The zero-order chi connectivity index (χ0) is 18.4. The second kappa shape index (κ2) is 8.06. The van der Waals surface area contributed by atoms with Crippen molar-refractivity contribution in [2.45, 2.75) is 13.5 Å². The molecule has 132 valence electrons. The molecule has 2 N–H and O–H groups in total. The number of aromatic nitrogens is 2. The minimum absolute atomic E-state index is 0.109. The Kier molecular flexibility index (Phi) is 5.38. The summed E-state index contributed by atoms with van der Waals surface area (Å²) in [5.74, 6) is 0.498. The van der Waals surface area contributed by atoms with E-state index < -0.39 is 0 Å². The van der Waals surface area contributed by atoms with E-state index in [9.17, 15) is 9.18 Å². The van der Waals surface area contributed by atoms with Crippen molar-refractivity contribution >= 4 is 12.2 Å². The van der Waals surface area contributed by atoms with Crippen molar-refractivity contribution in [3.8, 4) is 5.75 Å². The van der Waals surface area contributed by atoms with Gasteiger partial charge in [0, 0.05) is 22.9 Å². The van der Waals surface area contributed by atoms with E-state index in [0.717, 1.165) is 0 Å². The summed E-state index contributed by atoms with van der Waals surface area (Å²) in [4.78, 5) is 18.1. The summed E-state index contributed by atoms with van der Waals surface area (Å²) in [6.07, 6.45) is 1.54. The fourth-order valence-corrected chi connectivity index (χ4v) is 2.28. The Morgan fingerprint density at radius 1 is 1.23 bits per heavy atom. The molecular formula is C19H17FN4O2. The quantitative estimate of drug-likeness (QED) is 0.527. The van der Waals surface area contributed by atoms with E-state index >= 15 is 0 Å². The number of nitrogens with one attached hydrogen (secondary N) is 2. The molecule has 0 radical (unpaired) electrons. The highest BCUT2D eigenvalue weighted by molar-refractivity contribution is 5.83. The van der Waals surface area contributed by atoms with E-state index in [1.807, 2.05) is 18.2 Å². The number of aromatic amines is 1. The van der Waals surface area contributed by atoms with E-state index in [1.165, 1.54) is 12.1 Å². The maximum absolute atomic E-state index is 13.7. The average Bonchev–Trinajstić information content (AvgIpc) is 2.61. The van der Waals surface area contributed by atoms with Crippen molar-refractivity contribution in [1.29, 1.82) is 0 Å². The molecule has 0 aliphatic carbocycles. The van der Waals surface area contributed by atoms with E-state index in [0.29, 0.717) is 22.6 Å². The number of halogens is 1. The van der Waals surface area contributed by atoms with Gasteiger partial charge in [0.15, 0.2) is 0 Å². The molecule has 0 spiro atoms. The lowest BCUT2D eigenvalue weighted by Crippen LogP contribution is -2.10. The molecule has 0 unspecified atom stereocenters. The largest absolute Gasteiger partial charge is 0.488 e. The maximum Gasteiger partial charge on any atom is 0.252 e. The van der Waals surface area contributed by atoms with E-state index in [2.05, 4.69) is 20.5 Å². The van der Waals surface area contributed by atoms with Gasteiger partial charge in [0.05, 0.1) is 6.21 Å². The summed E-state index contributed by atoms with van der Waals surface area (Å²) in [5, 5.41) is 4.07. The number of hydrogen-bond donors (Lipinski definition) is 2. The van der Waals surface area contributed by atoms with Gasteiger partial charge in [-0.3, -0.25) is 9.78 Å². The summed E-state index contributed by atoms with van der Waals surface area (Å²) >= 11 is 0. The number of nitrogens with zero attached hydrogens (tertiary/aromatic N) is 2. The van der Waals surface area contributed by atoms with E-state index in [-0.39, 0.29) is 23.9 Å². The third-order valence-electron chi connectivity index (χ3n) is 3.50. The fourth-order valence-electron chi connectivity index (χ4n) is 2.28. The molecular weight excluding hydrogens is 335 g/mol. The first-order chi connectivity index (χ1) is 12.6. The first-order valence-electron chi connectivity index (χ1n) is 7.94. The van der Waals surface area contributed by atoms with Crippen molar-refractivity contribution in [3.05, 3.63) is 87.6 Å². The number of rotatable bonds is 6. The zero-order valence-corrected chi connectivity index (χ0v) is 14.1. The highest BCUT2D eigenvalue weighted by Crippen LogP contribution is 2.18. The van der Waals surface area contributed by atoms with Crippen LogP contribution in [0.25, 0.3) is 0 Å². The molecule has 0 bridgehead atoms. The Labute approximate surface area is 149 Å². The topological polar surface area (TPSA) is 79.4 Å². The molecule has 1 aromatic heterocycles. The van der Waals surface area contributed by atoms with Gasteiger partial charge < -0.3 is 4.74 Å². The number of hydrazone groups is 1. The lowest BCUT2D eigenvalue weighted by Gasteiger charge is -2.09. The van der Waals surface area contributed by atoms with Gasteiger partial charge in [-0.05, 0) is 25.1 Å². The third kappa shape index (κ3) is 4.54. The minimum atomic E-state index is -0.310. The van der Waals surface area contributed by atoms with Crippen molar-refractivity contribution in [2.24, 2.45) is 5.10 Å². The Hall–Kier alpha value is -3.48. The maximum atomic E-state index is 13.7. The monoisotopic (exact) mass is 352 g/mol. The first kappa shape index (κ1) is 17.3. The molecule has 3 rings (SSSR count). The number of benzene rings is 2. The van der Waals surface area contributed by atoms with Gasteiger partial charge in [0.1, 0.15) is 18.2 Å². The van der Waals surface area contributed by atoms with Crippen molar-refractivity contribution in [2.75, 3.05) is 5.43 Å². The molecule has 26 heavy (non-hydrogen) atoms. The molecule has 0 amide bonds. The van der Waals surface area contributed by atoms with Crippen LogP contribution >= 0.6 is 0 Å². The Morgan fingerprint density at radius 2 is 2.00 bits per heavy atom. The second-order valence-corrected chi connectivity index (χ2v) is 5.52. The predicted octanol–water partition coefficient (Wildman–Crippen LogP) is 3.24. The van der Waals surface area contributed by atoms with Gasteiger partial charge in [0.25, 0.3) is 5.56 Å². The smallest absolute Gasteiger partial charge is 0.252 e. The summed E-state index contributed by atoms with van der Waals surface area (Å²) in [7, 11) is 0. The van der Waals surface area contributed by atoms with Crippen LogP contribution in [0.4, 0.5) is 10.3 Å². The van der Waals surface area contributed by atoms with Crippen LogP contribution in [-0.2, 0) is 6.61 Å². The number of ether oxygens (including phenoxy) is 1. The first-order valence-corrected chi connectivity index (χ1v) is 7.94. The van der Waals surface area contributed by atoms with Crippen molar-refractivity contribution < 1.29 is 9.13 Å². The highest BCUT2D eigenvalue weighted by Gasteiger charge is 2.05. The lowest BCUT2D eigenvalue weighted by atomic mass is 10.2. The molecule has 3 aromatic rings. The van der Waals surface area contributed by atoms with Gasteiger partial charge in [-0.15, -0.1) is 0 Å². The van der Waals surface area contributed by atoms with Crippen molar-refractivity contribution in [1.82, 2.24) is 9.97 Å². The van der Waals surface area contributed by atoms with Crippen molar-refractivity contribution in [3.63, 3.8) is 0 Å². The van der Waals surface area contributed by atoms with Gasteiger partial charge in [-0.25, -0.2) is 14.8 Å². The predicted molar refractivity (Wildman–Crippen MR) is 98.0 cm³/mol. The molecule has 0 saturated carbocycles.